The molecule has 3 saturated carbocycles. The number of allylic oxidation sites excluding steroid dienone is 1. The summed E-state index contributed by atoms with van der Waals surface area (Å²) in [4.78, 5) is 11.7. The Hall–Kier alpha value is -0.670. The highest BCUT2D eigenvalue weighted by atomic mass is 16.3. The van der Waals surface area contributed by atoms with E-state index in [2.05, 4.69) is 6.92 Å². The van der Waals surface area contributed by atoms with Crippen molar-refractivity contribution >= 4 is 5.78 Å². The van der Waals surface area contributed by atoms with E-state index in [1.807, 2.05) is 6.08 Å². The predicted octanol–water partition coefficient (Wildman–Crippen LogP) is 2.46. The molecule has 3 heteroatoms. The first-order valence-electron chi connectivity index (χ1n) is 8.55. The zero-order chi connectivity index (χ0) is 14.8. The molecule has 4 rings (SSSR count). The Morgan fingerprint density at radius 1 is 1.14 bits per heavy atom. The maximum Gasteiger partial charge on any atom is 0.158 e. The maximum atomic E-state index is 11.7. The van der Waals surface area contributed by atoms with Gasteiger partial charge in [-0.1, -0.05) is 13.0 Å². The third-order valence-corrected chi connectivity index (χ3v) is 7.40. The van der Waals surface area contributed by atoms with E-state index in [0.717, 1.165) is 38.5 Å². The molecule has 3 nitrogen and oxygen atoms in total. The molecule has 4 aliphatic carbocycles. The first-order valence-corrected chi connectivity index (χ1v) is 8.55. The molecule has 0 amide bonds. The summed E-state index contributed by atoms with van der Waals surface area (Å²) < 4.78 is 0. The molecule has 0 aliphatic heterocycles. The molecule has 0 radical (unpaired) electrons. The molecule has 3 fully saturated rings. The Morgan fingerprint density at radius 3 is 2.71 bits per heavy atom. The van der Waals surface area contributed by atoms with Crippen molar-refractivity contribution in [2.45, 2.75) is 63.6 Å². The van der Waals surface area contributed by atoms with Gasteiger partial charge in [-0.2, -0.15) is 0 Å². The van der Waals surface area contributed by atoms with Crippen molar-refractivity contribution in [2.75, 3.05) is 0 Å². The monoisotopic (exact) mass is 290 g/mol. The van der Waals surface area contributed by atoms with E-state index in [4.69, 9.17) is 0 Å². The lowest BCUT2D eigenvalue weighted by Gasteiger charge is -2.56. The van der Waals surface area contributed by atoms with Crippen LogP contribution >= 0.6 is 0 Å². The second kappa shape index (κ2) is 4.42. The molecule has 0 heterocycles. The van der Waals surface area contributed by atoms with Crippen LogP contribution in [0, 0.1) is 29.1 Å². The van der Waals surface area contributed by atoms with Crippen LogP contribution in [0.4, 0.5) is 0 Å². The van der Waals surface area contributed by atoms with Crippen LogP contribution in [0.3, 0.4) is 0 Å². The number of aliphatic hydroxyl groups excluding tert-OH is 1. The van der Waals surface area contributed by atoms with E-state index in [1.54, 1.807) is 6.08 Å². The molecule has 4 aliphatic rings. The molecule has 0 spiro atoms. The van der Waals surface area contributed by atoms with Gasteiger partial charge in [0, 0.05) is 12.3 Å². The van der Waals surface area contributed by atoms with Gasteiger partial charge in [0.25, 0.3) is 0 Å². The smallest absolute Gasteiger partial charge is 0.158 e. The molecule has 0 aromatic heterocycles. The van der Waals surface area contributed by atoms with Gasteiger partial charge in [-0.05, 0) is 67.8 Å². The van der Waals surface area contributed by atoms with Crippen LogP contribution in [0.15, 0.2) is 12.2 Å². The van der Waals surface area contributed by atoms with Crippen LogP contribution in [0.5, 0.6) is 0 Å². The molecule has 116 valence electrons. The molecule has 7 atom stereocenters. The first kappa shape index (κ1) is 14.0. The van der Waals surface area contributed by atoms with Crippen LogP contribution in [0.2, 0.25) is 0 Å². The molecular weight excluding hydrogens is 264 g/mol. The topological polar surface area (TPSA) is 57.5 Å². The average molecular weight is 290 g/mol. The standard InChI is InChI=1S/C18H26O3/c1-17-8-6-13-12(14(17)4-5-16(17)20)7-9-18(21)10-11(19)2-3-15(13)18/h2-3,12-16,20-21H,4-10H2,1H3/t12-,13+,14+,15-,16?,17+,18?/m1/s1. The van der Waals surface area contributed by atoms with Gasteiger partial charge in [0.05, 0.1) is 11.7 Å². The van der Waals surface area contributed by atoms with Crippen LogP contribution in [-0.2, 0) is 4.79 Å². The van der Waals surface area contributed by atoms with Crippen molar-refractivity contribution in [2.24, 2.45) is 29.1 Å². The fraction of sp³-hybridized carbons (Fsp3) is 0.833. The van der Waals surface area contributed by atoms with Gasteiger partial charge in [-0.15, -0.1) is 0 Å². The highest BCUT2D eigenvalue weighted by Gasteiger charge is 2.59. The van der Waals surface area contributed by atoms with E-state index < -0.39 is 5.60 Å². The fourth-order valence-corrected chi connectivity index (χ4v) is 6.23. The average Bonchev–Trinajstić information content (AvgIpc) is 2.73. The zero-order valence-electron chi connectivity index (χ0n) is 12.8. The van der Waals surface area contributed by atoms with Gasteiger partial charge in [-0.3, -0.25) is 4.79 Å². The highest BCUT2D eigenvalue weighted by Crippen LogP contribution is 2.62. The van der Waals surface area contributed by atoms with Crippen molar-refractivity contribution in [3.8, 4) is 0 Å². The summed E-state index contributed by atoms with van der Waals surface area (Å²) in [6, 6.07) is 0. The van der Waals surface area contributed by atoms with Gasteiger partial charge in [0.2, 0.25) is 0 Å². The number of carbonyl (C=O) groups excluding carboxylic acids is 1. The number of fused-ring (bicyclic) bond motifs is 5. The van der Waals surface area contributed by atoms with Crippen LogP contribution in [0.1, 0.15) is 51.9 Å². The number of aliphatic hydroxyl groups is 2. The summed E-state index contributed by atoms with van der Waals surface area (Å²) in [5, 5.41) is 21.3. The van der Waals surface area contributed by atoms with Gasteiger partial charge >= 0.3 is 0 Å². The first-order chi connectivity index (χ1) is 9.94. The Bertz CT molecular complexity index is 499. The van der Waals surface area contributed by atoms with E-state index in [-0.39, 0.29) is 23.2 Å². The Labute approximate surface area is 126 Å². The van der Waals surface area contributed by atoms with Crippen molar-refractivity contribution in [1.82, 2.24) is 0 Å². The van der Waals surface area contributed by atoms with Crippen molar-refractivity contribution in [3.63, 3.8) is 0 Å². The molecule has 2 unspecified atom stereocenters. The quantitative estimate of drug-likeness (QED) is 0.720. The Kier molecular flexibility index (Phi) is 2.94. The Balaban J connectivity index is 1.66. The SMILES string of the molecule is C[C@]12CC[C@H]3[C@@H](CCC4(O)CC(=O)C=C[C@H]34)[C@@H]1CCC2O. The minimum atomic E-state index is -0.794. The minimum absolute atomic E-state index is 0.0733. The Morgan fingerprint density at radius 2 is 1.90 bits per heavy atom. The van der Waals surface area contributed by atoms with E-state index in [0.29, 0.717) is 24.2 Å². The van der Waals surface area contributed by atoms with Crippen LogP contribution < -0.4 is 0 Å². The molecule has 2 N–H and O–H groups in total. The highest BCUT2D eigenvalue weighted by molar-refractivity contribution is 5.91. The third-order valence-electron chi connectivity index (χ3n) is 7.40. The van der Waals surface area contributed by atoms with Crippen molar-refractivity contribution in [1.29, 1.82) is 0 Å². The van der Waals surface area contributed by atoms with Crippen molar-refractivity contribution in [3.05, 3.63) is 12.2 Å². The zero-order valence-corrected chi connectivity index (χ0v) is 12.8. The molecule has 0 bridgehead atoms. The van der Waals surface area contributed by atoms with Gasteiger partial charge in [0.1, 0.15) is 0 Å². The fourth-order valence-electron chi connectivity index (χ4n) is 6.23. The minimum Gasteiger partial charge on any atom is -0.393 e. The predicted molar refractivity (Wildman–Crippen MR) is 79.5 cm³/mol. The molecule has 21 heavy (non-hydrogen) atoms. The lowest BCUT2D eigenvalue weighted by atomic mass is 9.50. The summed E-state index contributed by atoms with van der Waals surface area (Å²) in [6.07, 6.45) is 9.84. The summed E-state index contributed by atoms with van der Waals surface area (Å²) >= 11 is 0. The lowest BCUT2D eigenvalue weighted by molar-refractivity contribution is -0.143. The number of ketones is 1. The largest absolute Gasteiger partial charge is 0.393 e. The van der Waals surface area contributed by atoms with Gasteiger partial charge in [-0.25, -0.2) is 0 Å². The summed E-state index contributed by atoms with van der Waals surface area (Å²) in [5.41, 5.74) is -0.706. The molecular formula is C18H26O3. The second-order valence-corrected chi connectivity index (χ2v) is 8.24. The van der Waals surface area contributed by atoms with Gasteiger partial charge < -0.3 is 10.2 Å². The number of carbonyl (C=O) groups is 1. The number of rotatable bonds is 0. The lowest BCUT2D eigenvalue weighted by Crippen LogP contribution is -2.55. The summed E-state index contributed by atoms with van der Waals surface area (Å²) in [6.45, 7) is 2.27. The van der Waals surface area contributed by atoms with Gasteiger partial charge in [0.15, 0.2) is 5.78 Å². The number of hydrogen-bond donors (Lipinski definition) is 2. The van der Waals surface area contributed by atoms with E-state index in [9.17, 15) is 15.0 Å². The summed E-state index contributed by atoms with van der Waals surface area (Å²) in [7, 11) is 0. The van der Waals surface area contributed by atoms with E-state index >= 15 is 0 Å². The van der Waals surface area contributed by atoms with E-state index in [1.165, 1.54) is 0 Å². The van der Waals surface area contributed by atoms with Crippen molar-refractivity contribution < 1.29 is 15.0 Å². The van der Waals surface area contributed by atoms with Crippen LogP contribution in [0.25, 0.3) is 0 Å². The normalized spacial score (nSPS) is 55.8. The second-order valence-electron chi connectivity index (χ2n) is 8.24. The third kappa shape index (κ3) is 1.83. The molecule has 0 saturated heterocycles. The number of hydrogen-bond acceptors (Lipinski definition) is 3. The summed E-state index contributed by atoms with van der Waals surface area (Å²) in [5.74, 6) is 1.93. The van der Waals surface area contributed by atoms with Crippen LogP contribution in [-0.4, -0.2) is 27.7 Å². The maximum absolute atomic E-state index is 11.7. The molecule has 0 aromatic rings. The molecule has 0 aromatic carbocycles.